The molecule has 0 saturated carbocycles. The molecular formula is C10H19N3O2S2. The normalized spacial score (nSPS) is 11.9. The first-order chi connectivity index (χ1) is 8.10. The fourth-order valence-electron chi connectivity index (χ4n) is 1.30. The SMILES string of the molecule is CCNCc1cc(S(=O)(=O)NCCSC)c[nH]1. The Hall–Kier alpha value is -0.500. The van der Waals surface area contributed by atoms with Gasteiger partial charge < -0.3 is 10.3 Å². The first-order valence-electron chi connectivity index (χ1n) is 5.46. The van der Waals surface area contributed by atoms with Crippen LogP contribution in [0, 0.1) is 0 Å². The van der Waals surface area contributed by atoms with Crippen LogP contribution >= 0.6 is 11.8 Å². The third kappa shape index (κ3) is 4.71. The van der Waals surface area contributed by atoms with Crippen molar-refractivity contribution in [2.75, 3.05) is 25.1 Å². The Kier molecular flexibility index (Phi) is 6.04. The van der Waals surface area contributed by atoms with E-state index in [9.17, 15) is 8.42 Å². The van der Waals surface area contributed by atoms with E-state index in [4.69, 9.17) is 0 Å². The average molecular weight is 277 g/mol. The highest BCUT2D eigenvalue weighted by Crippen LogP contribution is 2.10. The summed E-state index contributed by atoms with van der Waals surface area (Å²) >= 11 is 1.61. The lowest BCUT2D eigenvalue weighted by Gasteiger charge is -2.02. The van der Waals surface area contributed by atoms with Crippen LogP contribution in [0.2, 0.25) is 0 Å². The van der Waals surface area contributed by atoms with Gasteiger partial charge in [0.15, 0.2) is 0 Å². The monoisotopic (exact) mass is 277 g/mol. The first kappa shape index (κ1) is 14.6. The number of hydrogen-bond donors (Lipinski definition) is 3. The minimum Gasteiger partial charge on any atom is -0.363 e. The molecule has 0 amide bonds. The molecule has 1 aromatic heterocycles. The molecule has 17 heavy (non-hydrogen) atoms. The number of rotatable bonds is 8. The van der Waals surface area contributed by atoms with Crippen molar-refractivity contribution in [3.63, 3.8) is 0 Å². The Balaban J connectivity index is 2.61. The van der Waals surface area contributed by atoms with Gasteiger partial charge in [0.2, 0.25) is 10.0 Å². The molecule has 0 aliphatic carbocycles. The molecule has 3 N–H and O–H groups in total. The van der Waals surface area contributed by atoms with E-state index < -0.39 is 10.0 Å². The van der Waals surface area contributed by atoms with Crippen molar-refractivity contribution in [1.82, 2.24) is 15.0 Å². The molecule has 0 aliphatic rings. The smallest absolute Gasteiger partial charge is 0.242 e. The summed E-state index contributed by atoms with van der Waals surface area (Å²) in [5.74, 6) is 0.772. The molecule has 0 spiro atoms. The third-order valence-corrected chi connectivity index (χ3v) is 4.24. The summed E-state index contributed by atoms with van der Waals surface area (Å²) in [6.45, 7) is 3.96. The van der Waals surface area contributed by atoms with Crippen LogP contribution in [0.3, 0.4) is 0 Å². The number of thioether (sulfide) groups is 1. The van der Waals surface area contributed by atoms with Crippen LogP contribution < -0.4 is 10.0 Å². The molecule has 0 aliphatic heterocycles. The van der Waals surface area contributed by atoms with Gasteiger partial charge in [0.25, 0.3) is 0 Å². The molecule has 1 rings (SSSR count). The second-order valence-corrected chi connectivity index (χ2v) is 6.28. The number of H-pyrrole nitrogens is 1. The quantitative estimate of drug-likeness (QED) is 0.614. The molecule has 7 heteroatoms. The van der Waals surface area contributed by atoms with E-state index in [-0.39, 0.29) is 0 Å². The summed E-state index contributed by atoms with van der Waals surface area (Å²) in [6, 6.07) is 1.66. The van der Waals surface area contributed by atoms with Gasteiger partial charge in [0.05, 0.1) is 4.90 Å². The van der Waals surface area contributed by atoms with E-state index in [0.29, 0.717) is 18.0 Å². The van der Waals surface area contributed by atoms with Crippen molar-refractivity contribution in [3.05, 3.63) is 18.0 Å². The van der Waals surface area contributed by atoms with E-state index in [1.807, 2.05) is 13.2 Å². The standard InChI is InChI=1S/C10H19N3O2S2/c1-3-11-7-9-6-10(8-12-9)17(14,15)13-4-5-16-2/h6,8,11-13H,3-5,7H2,1-2H3. The van der Waals surface area contributed by atoms with Crippen LogP contribution in [0.4, 0.5) is 0 Å². The molecule has 0 radical (unpaired) electrons. The Labute approximate surface area is 107 Å². The Morgan fingerprint density at radius 3 is 2.88 bits per heavy atom. The van der Waals surface area contributed by atoms with Gasteiger partial charge in [-0.25, -0.2) is 13.1 Å². The summed E-state index contributed by atoms with van der Waals surface area (Å²) in [7, 11) is -3.36. The fourth-order valence-corrected chi connectivity index (χ4v) is 2.78. The number of hydrogen-bond acceptors (Lipinski definition) is 4. The highest BCUT2D eigenvalue weighted by atomic mass is 32.2. The molecule has 0 atom stereocenters. The Morgan fingerprint density at radius 2 is 2.24 bits per heavy atom. The molecule has 0 aromatic carbocycles. The second-order valence-electron chi connectivity index (χ2n) is 3.53. The molecule has 98 valence electrons. The van der Waals surface area contributed by atoms with Crippen LogP contribution in [0.25, 0.3) is 0 Å². The lowest BCUT2D eigenvalue weighted by molar-refractivity contribution is 0.584. The van der Waals surface area contributed by atoms with E-state index >= 15 is 0 Å². The van der Waals surface area contributed by atoms with Crippen LogP contribution in [0.1, 0.15) is 12.6 Å². The largest absolute Gasteiger partial charge is 0.363 e. The zero-order valence-corrected chi connectivity index (χ0v) is 11.7. The van der Waals surface area contributed by atoms with Crippen molar-refractivity contribution in [3.8, 4) is 0 Å². The minimum atomic E-state index is -3.36. The maximum Gasteiger partial charge on any atom is 0.242 e. The van der Waals surface area contributed by atoms with Crippen molar-refractivity contribution < 1.29 is 8.42 Å². The summed E-state index contributed by atoms with van der Waals surface area (Å²) in [5.41, 5.74) is 0.872. The highest BCUT2D eigenvalue weighted by Gasteiger charge is 2.14. The van der Waals surface area contributed by atoms with Crippen molar-refractivity contribution in [2.24, 2.45) is 0 Å². The zero-order valence-electron chi connectivity index (χ0n) is 10.1. The van der Waals surface area contributed by atoms with Crippen LogP contribution in [0.15, 0.2) is 17.2 Å². The number of sulfonamides is 1. The van der Waals surface area contributed by atoms with Crippen LogP contribution in [-0.4, -0.2) is 38.5 Å². The van der Waals surface area contributed by atoms with E-state index in [1.165, 1.54) is 6.20 Å². The average Bonchev–Trinajstić information content (AvgIpc) is 2.76. The van der Waals surface area contributed by atoms with Gasteiger partial charge in [-0.15, -0.1) is 0 Å². The van der Waals surface area contributed by atoms with E-state index in [0.717, 1.165) is 18.0 Å². The molecule has 5 nitrogen and oxygen atoms in total. The fraction of sp³-hybridized carbons (Fsp3) is 0.600. The Morgan fingerprint density at radius 1 is 1.47 bits per heavy atom. The molecule has 0 fully saturated rings. The molecule has 0 unspecified atom stereocenters. The van der Waals surface area contributed by atoms with Crippen molar-refractivity contribution in [1.29, 1.82) is 0 Å². The molecule has 1 aromatic rings. The molecular weight excluding hydrogens is 258 g/mol. The predicted octanol–water partition coefficient (Wildman–Crippen LogP) is 0.765. The predicted molar refractivity (Wildman–Crippen MR) is 71.7 cm³/mol. The van der Waals surface area contributed by atoms with E-state index in [1.54, 1.807) is 17.8 Å². The number of aromatic nitrogens is 1. The van der Waals surface area contributed by atoms with Gasteiger partial charge >= 0.3 is 0 Å². The highest BCUT2D eigenvalue weighted by molar-refractivity contribution is 7.98. The summed E-state index contributed by atoms with van der Waals surface area (Å²) in [4.78, 5) is 3.25. The lowest BCUT2D eigenvalue weighted by atomic mass is 10.4. The maximum absolute atomic E-state index is 11.8. The van der Waals surface area contributed by atoms with Crippen LogP contribution in [-0.2, 0) is 16.6 Å². The van der Waals surface area contributed by atoms with E-state index in [2.05, 4.69) is 15.0 Å². The second kappa shape index (κ2) is 7.05. The van der Waals surface area contributed by atoms with Gasteiger partial charge in [-0.3, -0.25) is 0 Å². The van der Waals surface area contributed by atoms with Gasteiger partial charge in [0, 0.05) is 30.7 Å². The zero-order chi connectivity index (χ0) is 12.7. The summed E-state index contributed by atoms with van der Waals surface area (Å²) in [6.07, 6.45) is 3.47. The molecule has 0 saturated heterocycles. The lowest BCUT2D eigenvalue weighted by Crippen LogP contribution is -2.25. The third-order valence-electron chi connectivity index (χ3n) is 2.19. The first-order valence-corrected chi connectivity index (χ1v) is 8.34. The van der Waals surface area contributed by atoms with Gasteiger partial charge in [-0.1, -0.05) is 6.92 Å². The van der Waals surface area contributed by atoms with Gasteiger partial charge in [0.1, 0.15) is 0 Å². The summed E-state index contributed by atoms with van der Waals surface area (Å²) < 4.78 is 26.2. The number of nitrogens with one attached hydrogen (secondary N) is 3. The summed E-state index contributed by atoms with van der Waals surface area (Å²) in [5, 5.41) is 3.13. The minimum absolute atomic E-state index is 0.298. The van der Waals surface area contributed by atoms with Gasteiger partial charge in [-0.2, -0.15) is 11.8 Å². The Bertz CT molecular complexity index is 429. The number of aromatic amines is 1. The maximum atomic E-state index is 11.8. The van der Waals surface area contributed by atoms with Crippen molar-refractivity contribution in [2.45, 2.75) is 18.4 Å². The topological polar surface area (TPSA) is 74.0 Å². The molecule has 0 bridgehead atoms. The van der Waals surface area contributed by atoms with Crippen molar-refractivity contribution >= 4 is 21.8 Å². The van der Waals surface area contributed by atoms with Crippen LogP contribution in [0.5, 0.6) is 0 Å². The molecule has 1 heterocycles. The van der Waals surface area contributed by atoms with Gasteiger partial charge in [-0.05, 0) is 18.9 Å².